The summed E-state index contributed by atoms with van der Waals surface area (Å²) in [4.78, 5) is 33.9. The number of halogens is 1. The summed E-state index contributed by atoms with van der Waals surface area (Å²) in [7, 11) is -1.61. The van der Waals surface area contributed by atoms with E-state index in [-0.39, 0.29) is 47.8 Å². The number of rotatable bonds is 7. The number of nitrogens with one attached hydrogen (secondary N) is 2. The highest BCUT2D eigenvalue weighted by Gasteiger charge is 2.27. The van der Waals surface area contributed by atoms with E-state index in [0.717, 1.165) is 0 Å². The van der Waals surface area contributed by atoms with Gasteiger partial charge in [0.2, 0.25) is 15.9 Å². The highest BCUT2D eigenvalue weighted by Crippen LogP contribution is 2.23. The molecule has 2 amide bonds. The van der Waals surface area contributed by atoms with Gasteiger partial charge >= 0.3 is 0 Å². The summed E-state index contributed by atoms with van der Waals surface area (Å²) in [5.41, 5.74) is 6.74. The number of benzene rings is 1. The standard InChI is InChI=1S/C20H27N7O4S.ClH/c1-14(28)22-7-8-23-20(29)18-19(21)24-13-17(25-18)15-3-5-16(6-4-15)32(30,31)27-11-9-26(2)10-12-27;/h3-6,13H,7-12H2,1-2H3,(H2,21,24)(H,22,28)(H,23,29);1H. The van der Waals surface area contributed by atoms with Crippen LogP contribution in [0.2, 0.25) is 0 Å². The van der Waals surface area contributed by atoms with Crippen LogP contribution >= 0.6 is 12.4 Å². The molecule has 33 heavy (non-hydrogen) atoms. The highest BCUT2D eigenvalue weighted by molar-refractivity contribution is 7.89. The number of nitrogen functional groups attached to an aromatic ring is 1. The lowest BCUT2D eigenvalue weighted by molar-refractivity contribution is -0.118. The third-order valence-corrected chi connectivity index (χ3v) is 6.96. The van der Waals surface area contributed by atoms with Crippen LogP contribution in [0.15, 0.2) is 35.4 Å². The van der Waals surface area contributed by atoms with Gasteiger partial charge in [0.05, 0.1) is 16.8 Å². The number of amides is 2. The van der Waals surface area contributed by atoms with E-state index in [9.17, 15) is 18.0 Å². The van der Waals surface area contributed by atoms with Crippen molar-refractivity contribution in [3.63, 3.8) is 0 Å². The zero-order valence-electron chi connectivity index (χ0n) is 18.4. The third-order valence-electron chi connectivity index (χ3n) is 5.05. The number of carbonyl (C=O) groups is 2. The molecule has 0 saturated carbocycles. The Labute approximate surface area is 199 Å². The SMILES string of the molecule is CC(=O)NCCNC(=O)c1nc(-c2ccc(S(=O)(=O)N3CCN(C)CC3)cc2)cnc1N.Cl. The molecule has 1 aromatic carbocycles. The normalized spacial score (nSPS) is 14.8. The first kappa shape index (κ1) is 26.5. The smallest absolute Gasteiger partial charge is 0.273 e. The van der Waals surface area contributed by atoms with Gasteiger partial charge in [-0.25, -0.2) is 18.4 Å². The lowest BCUT2D eigenvalue weighted by Gasteiger charge is -2.31. The van der Waals surface area contributed by atoms with E-state index in [1.54, 1.807) is 12.1 Å². The van der Waals surface area contributed by atoms with Crippen molar-refractivity contribution < 1.29 is 18.0 Å². The fourth-order valence-corrected chi connectivity index (χ4v) is 4.60. The average Bonchev–Trinajstić information content (AvgIpc) is 2.77. The zero-order chi connectivity index (χ0) is 23.3. The van der Waals surface area contributed by atoms with Crippen LogP contribution in [0.3, 0.4) is 0 Å². The second-order valence-corrected chi connectivity index (χ2v) is 9.40. The van der Waals surface area contributed by atoms with Gasteiger partial charge in [0.1, 0.15) is 0 Å². The van der Waals surface area contributed by atoms with E-state index in [1.165, 1.54) is 29.6 Å². The average molecular weight is 498 g/mol. The van der Waals surface area contributed by atoms with Gasteiger partial charge in [-0.05, 0) is 19.2 Å². The first-order valence-electron chi connectivity index (χ1n) is 10.1. The molecule has 0 unspecified atom stereocenters. The molecule has 2 heterocycles. The maximum Gasteiger partial charge on any atom is 0.273 e. The summed E-state index contributed by atoms with van der Waals surface area (Å²) < 4.78 is 27.2. The van der Waals surface area contributed by atoms with Crippen LogP contribution in [0, 0.1) is 0 Å². The fraction of sp³-hybridized carbons (Fsp3) is 0.400. The molecule has 1 saturated heterocycles. The van der Waals surface area contributed by atoms with Crippen molar-refractivity contribution in [2.24, 2.45) is 0 Å². The van der Waals surface area contributed by atoms with E-state index in [0.29, 0.717) is 37.4 Å². The Hall–Kier alpha value is -2.80. The van der Waals surface area contributed by atoms with Crippen molar-refractivity contribution in [3.8, 4) is 11.3 Å². The molecule has 180 valence electrons. The summed E-state index contributed by atoms with van der Waals surface area (Å²) >= 11 is 0. The number of sulfonamides is 1. The van der Waals surface area contributed by atoms with Crippen molar-refractivity contribution in [2.75, 3.05) is 52.0 Å². The zero-order valence-corrected chi connectivity index (χ0v) is 20.1. The van der Waals surface area contributed by atoms with Gasteiger partial charge in [0.15, 0.2) is 11.5 Å². The number of nitrogens with two attached hydrogens (primary N) is 1. The van der Waals surface area contributed by atoms with E-state index in [4.69, 9.17) is 5.73 Å². The number of anilines is 1. The van der Waals surface area contributed by atoms with Crippen LogP contribution in [0.1, 0.15) is 17.4 Å². The van der Waals surface area contributed by atoms with Gasteiger partial charge in [0.25, 0.3) is 5.91 Å². The second kappa shape index (κ2) is 11.4. The van der Waals surface area contributed by atoms with Crippen molar-refractivity contribution in [1.82, 2.24) is 29.8 Å². The van der Waals surface area contributed by atoms with E-state index >= 15 is 0 Å². The Kier molecular flexibility index (Phi) is 9.11. The van der Waals surface area contributed by atoms with E-state index in [2.05, 4.69) is 25.5 Å². The second-order valence-electron chi connectivity index (χ2n) is 7.46. The Morgan fingerprint density at radius 1 is 1.06 bits per heavy atom. The molecule has 1 aromatic heterocycles. The molecular weight excluding hydrogens is 470 g/mol. The number of likely N-dealkylation sites (N-methyl/N-ethyl adjacent to an activating group) is 1. The Morgan fingerprint density at radius 3 is 2.27 bits per heavy atom. The minimum absolute atomic E-state index is 0. The predicted octanol–water partition coefficient (Wildman–Crippen LogP) is -0.0504. The van der Waals surface area contributed by atoms with Gasteiger partial charge in [-0.3, -0.25) is 9.59 Å². The largest absolute Gasteiger partial charge is 0.382 e. The van der Waals surface area contributed by atoms with Gasteiger partial charge in [-0.15, -0.1) is 12.4 Å². The van der Waals surface area contributed by atoms with Crippen molar-refractivity contribution in [2.45, 2.75) is 11.8 Å². The van der Waals surface area contributed by atoms with Crippen molar-refractivity contribution >= 4 is 40.1 Å². The molecule has 1 aliphatic rings. The molecule has 1 aliphatic heterocycles. The molecule has 3 rings (SSSR count). The topological polar surface area (TPSA) is 151 Å². The lowest BCUT2D eigenvalue weighted by atomic mass is 10.1. The molecule has 4 N–H and O–H groups in total. The van der Waals surface area contributed by atoms with Crippen LogP contribution in [0.4, 0.5) is 5.82 Å². The minimum atomic E-state index is -3.58. The number of aromatic nitrogens is 2. The van der Waals surface area contributed by atoms with Crippen molar-refractivity contribution in [3.05, 3.63) is 36.2 Å². The minimum Gasteiger partial charge on any atom is -0.382 e. The van der Waals surface area contributed by atoms with Crippen molar-refractivity contribution in [1.29, 1.82) is 0 Å². The van der Waals surface area contributed by atoms with Crippen LogP contribution in [0.5, 0.6) is 0 Å². The molecule has 0 atom stereocenters. The van der Waals surface area contributed by atoms with Crippen LogP contribution < -0.4 is 16.4 Å². The van der Waals surface area contributed by atoms with Gasteiger partial charge in [-0.1, -0.05) is 12.1 Å². The van der Waals surface area contributed by atoms with Gasteiger partial charge in [-0.2, -0.15) is 4.31 Å². The molecule has 1 fully saturated rings. The fourth-order valence-electron chi connectivity index (χ4n) is 3.18. The highest BCUT2D eigenvalue weighted by atomic mass is 35.5. The molecule has 11 nitrogen and oxygen atoms in total. The Morgan fingerprint density at radius 2 is 1.67 bits per heavy atom. The molecule has 0 bridgehead atoms. The molecule has 0 radical (unpaired) electrons. The summed E-state index contributed by atoms with van der Waals surface area (Å²) in [6.07, 6.45) is 1.42. The van der Waals surface area contributed by atoms with Crippen LogP contribution in [-0.4, -0.2) is 85.7 Å². The maximum atomic E-state index is 12.9. The summed E-state index contributed by atoms with van der Waals surface area (Å²) in [5.74, 6) is -0.741. The van der Waals surface area contributed by atoms with Crippen LogP contribution in [0.25, 0.3) is 11.3 Å². The van der Waals surface area contributed by atoms with Gasteiger partial charge < -0.3 is 21.3 Å². The number of nitrogens with zero attached hydrogens (tertiary/aromatic N) is 4. The summed E-state index contributed by atoms with van der Waals surface area (Å²) in [6, 6.07) is 6.30. The molecule has 0 aliphatic carbocycles. The molecule has 13 heteroatoms. The molecule has 0 spiro atoms. The number of hydrogen-bond donors (Lipinski definition) is 3. The Bertz CT molecular complexity index is 1090. The summed E-state index contributed by atoms with van der Waals surface area (Å²) in [6.45, 7) is 4.15. The lowest BCUT2D eigenvalue weighted by Crippen LogP contribution is -2.46. The first-order chi connectivity index (χ1) is 15.2. The summed E-state index contributed by atoms with van der Waals surface area (Å²) in [5, 5.41) is 5.19. The monoisotopic (exact) mass is 497 g/mol. The number of hydrogen-bond acceptors (Lipinski definition) is 8. The number of carbonyl (C=O) groups excluding carboxylic acids is 2. The third kappa shape index (κ3) is 6.60. The Balaban J connectivity index is 0.00000385. The van der Waals surface area contributed by atoms with E-state index < -0.39 is 15.9 Å². The van der Waals surface area contributed by atoms with Gasteiger partial charge in [0, 0.05) is 51.8 Å². The first-order valence-corrected chi connectivity index (χ1v) is 11.6. The quantitative estimate of drug-likeness (QED) is 0.450. The van der Waals surface area contributed by atoms with E-state index in [1.807, 2.05) is 7.05 Å². The number of piperazine rings is 1. The maximum absolute atomic E-state index is 12.9. The van der Waals surface area contributed by atoms with Crippen LogP contribution in [-0.2, 0) is 14.8 Å². The molecule has 2 aromatic rings. The predicted molar refractivity (Wildman–Crippen MR) is 126 cm³/mol. The molecular formula is C20H28ClN7O4S.